The van der Waals surface area contributed by atoms with Crippen LogP contribution in [0.2, 0.25) is 0 Å². The number of para-hydroxylation sites is 1. The zero-order valence-electron chi connectivity index (χ0n) is 16.4. The number of piperidine rings is 2. The molecule has 0 aromatic heterocycles. The number of ether oxygens (including phenoxy) is 1. The van der Waals surface area contributed by atoms with Crippen molar-refractivity contribution in [1.29, 1.82) is 0 Å². The Labute approximate surface area is 166 Å². The fourth-order valence-corrected chi connectivity index (χ4v) is 4.35. The van der Waals surface area contributed by atoms with Gasteiger partial charge in [-0.15, -0.1) is 0 Å². The Kier molecular flexibility index (Phi) is 5.38. The third-order valence-corrected chi connectivity index (χ3v) is 6.11. The fraction of sp³-hybridized carbons (Fsp3) is 0.435. The molecule has 2 aromatic rings. The van der Waals surface area contributed by atoms with E-state index in [0.29, 0.717) is 19.5 Å². The summed E-state index contributed by atoms with van der Waals surface area (Å²) in [4.78, 5) is 16.0. The summed E-state index contributed by atoms with van der Waals surface area (Å²) in [6, 6.07) is 18.0. The molecule has 5 heteroatoms. The number of aliphatic hydroxyl groups is 1. The van der Waals surface area contributed by atoms with Gasteiger partial charge in [-0.3, -0.25) is 9.69 Å². The van der Waals surface area contributed by atoms with Gasteiger partial charge in [0, 0.05) is 45.6 Å². The van der Waals surface area contributed by atoms with Crippen molar-refractivity contribution in [2.24, 2.45) is 5.92 Å². The first-order chi connectivity index (χ1) is 13.5. The minimum Gasteiger partial charge on any atom is -0.457 e. The predicted molar refractivity (Wildman–Crippen MR) is 108 cm³/mol. The highest BCUT2D eigenvalue weighted by atomic mass is 16.5. The van der Waals surface area contributed by atoms with Crippen LogP contribution >= 0.6 is 0 Å². The Morgan fingerprint density at radius 3 is 2.43 bits per heavy atom. The first kappa shape index (κ1) is 19.0. The molecule has 2 saturated heterocycles. The van der Waals surface area contributed by atoms with Crippen LogP contribution in [-0.4, -0.2) is 52.6 Å². The Hall–Kier alpha value is -2.37. The minimum absolute atomic E-state index is 0.105. The summed E-state index contributed by atoms with van der Waals surface area (Å²) in [7, 11) is 0. The lowest BCUT2D eigenvalue weighted by atomic mass is 9.75. The second-order valence-electron chi connectivity index (χ2n) is 8.06. The number of hydrogen-bond acceptors (Lipinski definition) is 4. The van der Waals surface area contributed by atoms with Crippen LogP contribution in [0.25, 0.3) is 0 Å². The van der Waals surface area contributed by atoms with Gasteiger partial charge in [-0.05, 0) is 42.7 Å². The van der Waals surface area contributed by atoms with E-state index >= 15 is 0 Å². The van der Waals surface area contributed by atoms with Crippen LogP contribution in [0.15, 0.2) is 54.6 Å². The zero-order chi connectivity index (χ0) is 19.6. The third-order valence-electron chi connectivity index (χ3n) is 6.11. The molecule has 2 aliphatic heterocycles. The van der Waals surface area contributed by atoms with Crippen LogP contribution in [0.3, 0.4) is 0 Å². The van der Waals surface area contributed by atoms with Gasteiger partial charge in [0.1, 0.15) is 11.5 Å². The Morgan fingerprint density at radius 2 is 1.71 bits per heavy atom. The quantitative estimate of drug-likeness (QED) is 0.884. The SMILES string of the molecule is CC(=O)N1CC[C@]2(O)CCN(Cc3ccc(Oc4ccccc4)cc3)C[C@@H]2C1. The maximum absolute atomic E-state index is 11.7. The van der Waals surface area contributed by atoms with Crippen LogP contribution in [0, 0.1) is 5.92 Å². The first-order valence-corrected chi connectivity index (χ1v) is 10.0. The van der Waals surface area contributed by atoms with E-state index in [1.165, 1.54) is 5.56 Å². The van der Waals surface area contributed by atoms with Gasteiger partial charge in [0.05, 0.1) is 5.60 Å². The molecule has 0 spiro atoms. The van der Waals surface area contributed by atoms with Crippen LogP contribution in [-0.2, 0) is 11.3 Å². The fourth-order valence-electron chi connectivity index (χ4n) is 4.35. The summed E-state index contributed by atoms with van der Waals surface area (Å²) >= 11 is 0. The molecule has 5 nitrogen and oxygen atoms in total. The topological polar surface area (TPSA) is 53.0 Å². The highest BCUT2D eigenvalue weighted by molar-refractivity contribution is 5.73. The van der Waals surface area contributed by atoms with Gasteiger partial charge in [0.2, 0.25) is 5.91 Å². The van der Waals surface area contributed by atoms with Crippen molar-refractivity contribution in [3.05, 3.63) is 60.2 Å². The van der Waals surface area contributed by atoms with Crippen molar-refractivity contribution >= 4 is 5.91 Å². The normalized spacial score (nSPS) is 25.2. The lowest BCUT2D eigenvalue weighted by Crippen LogP contribution is -2.60. The van der Waals surface area contributed by atoms with Crippen molar-refractivity contribution in [2.75, 3.05) is 26.2 Å². The molecule has 2 aliphatic rings. The number of carbonyl (C=O) groups excluding carboxylic acids is 1. The molecule has 0 unspecified atom stereocenters. The number of likely N-dealkylation sites (tertiary alicyclic amines) is 2. The zero-order valence-corrected chi connectivity index (χ0v) is 16.4. The van der Waals surface area contributed by atoms with Gasteiger partial charge in [0.15, 0.2) is 0 Å². The van der Waals surface area contributed by atoms with Crippen molar-refractivity contribution < 1.29 is 14.6 Å². The summed E-state index contributed by atoms with van der Waals surface area (Å²) in [6.07, 6.45) is 1.47. The highest BCUT2D eigenvalue weighted by Crippen LogP contribution is 2.36. The molecule has 0 radical (unpaired) electrons. The molecule has 0 saturated carbocycles. The van der Waals surface area contributed by atoms with E-state index < -0.39 is 5.60 Å². The molecular weight excluding hydrogens is 352 g/mol. The summed E-state index contributed by atoms with van der Waals surface area (Å²) in [6.45, 7) is 5.50. The largest absolute Gasteiger partial charge is 0.457 e. The maximum Gasteiger partial charge on any atom is 0.219 e. The van der Waals surface area contributed by atoms with E-state index in [2.05, 4.69) is 17.0 Å². The van der Waals surface area contributed by atoms with E-state index in [9.17, 15) is 9.90 Å². The smallest absolute Gasteiger partial charge is 0.219 e. The van der Waals surface area contributed by atoms with Gasteiger partial charge in [-0.1, -0.05) is 30.3 Å². The lowest BCUT2D eigenvalue weighted by molar-refractivity contribution is -0.145. The van der Waals surface area contributed by atoms with E-state index in [4.69, 9.17) is 4.74 Å². The molecule has 1 amide bonds. The van der Waals surface area contributed by atoms with E-state index in [1.54, 1.807) is 6.92 Å². The Balaban J connectivity index is 1.36. The number of benzene rings is 2. The Morgan fingerprint density at radius 1 is 1.04 bits per heavy atom. The second-order valence-corrected chi connectivity index (χ2v) is 8.06. The van der Waals surface area contributed by atoms with Crippen molar-refractivity contribution in [3.63, 3.8) is 0 Å². The van der Waals surface area contributed by atoms with E-state index in [1.807, 2.05) is 47.4 Å². The summed E-state index contributed by atoms with van der Waals surface area (Å²) in [5.41, 5.74) is 0.612. The van der Waals surface area contributed by atoms with Gasteiger partial charge >= 0.3 is 0 Å². The number of amides is 1. The molecule has 0 aliphatic carbocycles. The van der Waals surface area contributed by atoms with Gasteiger partial charge in [0.25, 0.3) is 0 Å². The molecule has 2 fully saturated rings. The number of hydrogen-bond donors (Lipinski definition) is 1. The summed E-state index contributed by atoms with van der Waals surface area (Å²) in [5.74, 6) is 1.89. The predicted octanol–water partition coefficient (Wildman–Crippen LogP) is 3.28. The number of rotatable bonds is 4. The summed E-state index contributed by atoms with van der Waals surface area (Å²) < 4.78 is 5.86. The minimum atomic E-state index is -0.615. The van der Waals surface area contributed by atoms with Gasteiger partial charge in [-0.2, -0.15) is 0 Å². The monoisotopic (exact) mass is 380 g/mol. The molecular formula is C23H28N2O3. The van der Waals surface area contributed by atoms with Crippen molar-refractivity contribution in [3.8, 4) is 11.5 Å². The first-order valence-electron chi connectivity index (χ1n) is 10.0. The molecule has 148 valence electrons. The highest BCUT2D eigenvalue weighted by Gasteiger charge is 2.45. The average Bonchev–Trinajstić information content (AvgIpc) is 2.70. The molecule has 1 N–H and O–H groups in total. The molecule has 4 rings (SSSR count). The van der Waals surface area contributed by atoms with Crippen molar-refractivity contribution in [1.82, 2.24) is 9.80 Å². The number of carbonyl (C=O) groups is 1. The third kappa shape index (κ3) is 4.21. The second kappa shape index (κ2) is 7.94. The van der Waals surface area contributed by atoms with Crippen LogP contribution in [0.5, 0.6) is 11.5 Å². The van der Waals surface area contributed by atoms with Crippen LogP contribution in [0.4, 0.5) is 0 Å². The van der Waals surface area contributed by atoms with E-state index in [0.717, 1.165) is 37.6 Å². The molecule has 28 heavy (non-hydrogen) atoms. The van der Waals surface area contributed by atoms with Gasteiger partial charge < -0.3 is 14.7 Å². The average molecular weight is 380 g/mol. The van der Waals surface area contributed by atoms with Crippen LogP contribution < -0.4 is 4.74 Å². The maximum atomic E-state index is 11.7. The lowest BCUT2D eigenvalue weighted by Gasteiger charge is -2.50. The molecule has 2 heterocycles. The summed E-state index contributed by atoms with van der Waals surface area (Å²) in [5, 5.41) is 11.0. The number of fused-ring (bicyclic) bond motifs is 1. The number of nitrogens with zero attached hydrogens (tertiary/aromatic N) is 2. The standard InChI is InChI=1S/C23H28N2O3/c1-18(26)25-14-12-23(27)11-13-24(16-20(23)17-25)15-19-7-9-22(10-8-19)28-21-5-3-2-4-6-21/h2-10,20,27H,11-17H2,1H3/t20-,23-/m1/s1. The Bertz CT molecular complexity index is 808. The molecule has 2 aromatic carbocycles. The van der Waals surface area contributed by atoms with E-state index in [-0.39, 0.29) is 11.8 Å². The van der Waals surface area contributed by atoms with Gasteiger partial charge in [-0.25, -0.2) is 0 Å². The molecule has 0 bridgehead atoms. The van der Waals surface area contributed by atoms with Crippen LogP contribution in [0.1, 0.15) is 25.3 Å². The van der Waals surface area contributed by atoms with Crippen molar-refractivity contribution in [2.45, 2.75) is 31.9 Å². The molecule has 2 atom stereocenters.